The van der Waals surface area contributed by atoms with Crippen LogP contribution < -0.4 is 0 Å². The third kappa shape index (κ3) is 3.17. The van der Waals surface area contributed by atoms with Gasteiger partial charge in [-0.05, 0) is 36.2 Å². The summed E-state index contributed by atoms with van der Waals surface area (Å²) in [6, 6.07) is 22.3. The number of aromatic nitrogens is 2. The lowest BCUT2D eigenvalue weighted by Crippen LogP contribution is -2.26. The van der Waals surface area contributed by atoms with Crippen LogP contribution in [-0.4, -0.2) is 27.3 Å². The Labute approximate surface area is 169 Å². The van der Waals surface area contributed by atoms with Crippen molar-refractivity contribution in [3.05, 3.63) is 95.4 Å². The molecule has 1 aliphatic heterocycles. The predicted octanol–water partition coefficient (Wildman–Crippen LogP) is 4.80. The van der Waals surface area contributed by atoms with Gasteiger partial charge in [0, 0.05) is 48.0 Å². The maximum Gasteiger partial charge on any atom is 0.255 e. The van der Waals surface area contributed by atoms with Crippen molar-refractivity contribution in [1.82, 2.24) is 14.9 Å². The van der Waals surface area contributed by atoms with Crippen LogP contribution in [0.25, 0.3) is 22.0 Å². The molecule has 5 rings (SSSR count). The molecule has 2 aromatic carbocycles. The van der Waals surface area contributed by atoms with E-state index in [4.69, 9.17) is 4.98 Å². The zero-order valence-corrected chi connectivity index (χ0v) is 16.3. The summed E-state index contributed by atoms with van der Waals surface area (Å²) in [5.74, 6) is 0.0969. The fourth-order valence-electron chi connectivity index (χ4n) is 4.09. The number of aryl methyl sites for hydroxylation is 1. The number of pyridine rings is 2. The number of benzene rings is 2. The second-order valence-corrected chi connectivity index (χ2v) is 7.45. The third-order valence-corrected chi connectivity index (χ3v) is 5.60. The van der Waals surface area contributed by atoms with Crippen molar-refractivity contribution in [2.75, 3.05) is 6.54 Å². The standard InChI is InChI=1S/C25H21N3O/c1-17-21(9-5-14-26-17)22-8-4-7-19-16-28(25(29)24(19)22)15-13-20-12-11-18-6-2-3-10-23(18)27-20/h2-12,14H,13,15-16H2,1H3. The minimum absolute atomic E-state index is 0.0969. The maximum absolute atomic E-state index is 13.2. The minimum atomic E-state index is 0.0969. The van der Waals surface area contributed by atoms with E-state index in [2.05, 4.69) is 29.2 Å². The zero-order valence-electron chi connectivity index (χ0n) is 16.3. The summed E-state index contributed by atoms with van der Waals surface area (Å²) in [6.45, 7) is 3.29. The first-order chi connectivity index (χ1) is 14.2. The highest BCUT2D eigenvalue weighted by Crippen LogP contribution is 2.33. The third-order valence-electron chi connectivity index (χ3n) is 5.60. The molecule has 0 aliphatic carbocycles. The van der Waals surface area contributed by atoms with E-state index in [1.54, 1.807) is 6.20 Å². The van der Waals surface area contributed by atoms with E-state index in [9.17, 15) is 4.79 Å². The lowest BCUT2D eigenvalue weighted by atomic mass is 9.96. The Morgan fingerprint density at radius 1 is 0.931 bits per heavy atom. The van der Waals surface area contributed by atoms with Gasteiger partial charge in [-0.1, -0.05) is 48.5 Å². The SMILES string of the molecule is Cc1ncccc1-c1cccc2c1C(=O)N(CCc1ccc3ccccc3n1)C2. The van der Waals surface area contributed by atoms with E-state index in [0.717, 1.165) is 51.0 Å². The molecule has 0 saturated heterocycles. The normalized spacial score (nSPS) is 13.1. The van der Waals surface area contributed by atoms with Crippen LogP contribution >= 0.6 is 0 Å². The number of rotatable bonds is 4. The fourth-order valence-corrected chi connectivity index (χ4v) is 4.09. The van der Waals surface area contributed by atoms with E-state index >= 15 is 0 Å². The summed E-state index contributed by atoms with van der Waals surface area (Å²) in [6.07, 6.45) is 2.53. The summed E-state index contributed by atoms with van der Waals surface area (Å²) in [5.41, 5.74) is 6.84. The summed E-state index contributed by atoms with van der Waals surface area (Å²) in [7, 11) is 0. The van der Waals surface area contributed by atoms with E-state index in [0.29, 0.717) is 13.1 Å². The fraction of sp³-hybridized carbons (Fsp3) is 0.160. The van der Waals surface area contributed by atoms with Crippen LogP contribution in [0.5, 0.6) is 0 Å². The van der Waals surface area contributed by atoms with Gasteiger partial charge in [-0.15, -0.1) is 0 Å². The van der Waals surface area contributed by atoms with E-state index < -0.39 is 0 Å². The van der Waals surface area contributed by atoms with Gasteiger partial charge in [0.25, 0.3) is 5.91 Å². The van der Waals surface area contributed by atoms with E-state index in [1.807, 2.05) is 54.3 Å². The van der Waals surface area contributed by atoms with Crippen LogP contribution in [0.3, 0.4) is 0 Å². The average Bonchev–Trinajstić information content (AvgIpc) is 3.08. The van der Waals surface area contributed by atoms with Crippen molar-refractivity contribution < 1.29 is 4.79 Å². The number of hydrogen-bond acceptors (Lipinski definition) is 3. The molecule has 4 aromatic rings. The molecule has 0 spiro atoms. The Balaban J connectivity index is 1.39. The molecule has 0 N–H and O–H groups in total. The topological polar surface area (TPSA) is 46.1 Å². The average molecular weight is 379 g/mol. The number of fused-ring (bicyclic) bond motifs is 2. The molecule has 29 heavy (non-hydrogen) atoms. The number of hydrogen-bond donors (Lipinski definition) is 0. The molecular formula is C25H21N3O. The lowest BCUT2D eigenvalue weighted by molar-refractivity contribution is 0.0780. The number of para-hydroxylation sites is 1. The van der Waals surface area contributed by atoms with Crippen molar-refractivity contribution in [3.63, 3.8) is 0 Å². The molecule has 4 nitrogen and oxygen atoms in total. The molecule has 0 bridgehead atoms. The molecule has 0 saturated carbocycles. The summed E-state index contributed by atoms with van der Waals surface area (Å²) < 4.78 is 0. The molecule has 1 aliphatic rings. The second-order valence-electron chi connectivity index (χ2n) is 7.45. The van der Waals surface area contributed by atoms with Crippen molar-refractivity contribution in [2.45, 2.75) is 19.9 Å². The molecule has 0 fully saturated rings. The van der Waals surface area contributed by atoms with Gasteiger partial charge in [0.2, 0.25) is 0 Å². The zero-order chi connectivity index (χ0) is 19.8. The van der Waals surface area contributed by atoms with Gasteiger partial charge in [-0.3, -0.25) is 14.8 Å². The van der Waals surface area contributed by atoms with Crippen molar-refractivity contribution >= 4 is 16.8 Å². The van der Waals surface area contributed by atoms with Gasteiger partial charge in [0.1, 0.15) is 0 Å². The van der Waals surface area contributed by atoms with Crippen LogP contribution in [0.15, 0.2) is 72.9 Å². The number of amides is 1. The molecule has 0 radical (unpaired) electrons. The molecule has 2 aromatic heterocycles. The van der Waals surface area contributed by atoms with E-state index in [1.165, 1.54) is 0 Å². The highest BCUT2D eigenvalue weighted by Gasteiger charge is 2.30. The molecule has 4 heteroatoms. The lowest BCUT2D eigenvalue weighted by Gasteiger charge is -2.16. The van der Waals surface area contributed by atoms with Crippen molar-refractivity contribution in [1.29, 1.82) is 0 Å². The van der Waals surface area contributed by atoms with Gasteiger partial charge >= 0.3 is 0 Å². The summed E-state index contributed by atoms with van der Waals surface area (Å²) in [5, 5.41) is 1.14. The van der Waals surface area contributed by atoms with Gasteiger partial charge in [0.15, 0.2) is 0 Å². The second kappa shape index (κ2) is 7.13. The molecule has 0 atom stereocenters. The van der Waals surface area contributed by atoms with Gasteiger partial charge < -0.3 is 4.90 Å². The molecule has 3 heterocycles. The Kier molecular flexibility index (Phi) is 4.32. The first-order valence-corrected chi connectivity index (χ1v) is 9.88. The number of carbonyl (C=O) groups excluding carboxylic acids is 1. The smallest absolute Gasteiger partial charge is 0.255 e. The van der Waals surface area contributed by atoms with Crippen LogP contribution in [0.2, 0.25) is 0 Å². The largest absolute Gasteiger partial charge is 0.334 e. The number of nitrogens with zero attached hydrogens (tertiary/aromatic N) is 3. The van der Waals surface area contributed by atoms with Crippen LogP contribution in [0.1, 0.15) is 27.3 Å². The summed E-state index contributed by atoms with van der Waals surface area (Å²) >= 11 is 0. The Morgan fingerprint density at radius 3 is 2.69 bits per heavy atom. The molecule has 0 unspecified atom stereocenters. The monoisotopic (exact) mass is 379 g/mol. The minimum Gasteiger partial charge on any atom is -0.334 e. The molecule has 1 amide bonds. The van der Waals surface area contributed by atoms with Crippen LogP contribution in [0.4, 0.5) is 0 Å². The van der Waals surface area contributed by atoms with Gasteiger partial charge in [0.05, 0.1) is 11.1 Å². The first kappa shape index (κ1) is 17.6. The van der Waals surface area contributed by atoms with Crippen molar-refractivity contribution in [3.8, 4) is 11.1 Å². The van der Waals surface area contributed by atoms with Gasteiger partial charge in [-0.2, -0.15) is 0 Å². The quantitative estimate of drug-likeness (QED) is 0.511. The van der Waals surface area contributed by atoms with Crippen molar-refractivity contribution in [2.24, 2.45) is 0 Å². The van der Waals surface area contributed by atoms with Crippen LogP contribution in [-0.2, 0) is 13.0 Å². The van der Waals surface area contributed by atoms with Crippen LogP contribution in [0, 0.1) is 6.92 Å². The molecule has 142 valence electrons. The highest BCUT2D eigenvalue weighted by molar-refractivity contribution is 6.04. The summed E-state index contributed by atoms with van der Waals surface area (Å²) in [4.78, 5) is 24.3. The highest BCUT2D eigenvalue weighted by atomic mass is 16.2. The van der Waals surface area contributed by atoms with E-state index in [-0.39, 0.29) is 5.91 Å². The first-order valence-electron chi connectivity index (χ1n) is 9.88. The maximum atomic E-state index is 13.2. The number of carbonyl (C=O) groups is 1. The predicted molar refractivity (Wildman–Crippen MR) is 115 cm³/mol. The molecular weight excluding hydrogens is 358 g/mol. The Hall–Kier alpha value is -3.53. The Morgan fingerprint density at radius 2 is 1.79 bits per heavy atom. The Bertz CT molecular complexity index is 1230. The van der Waals surface area contributed by atoms with Gasteiger partial charge in [-0.25, -0.2) is 0 Å².